The highest BCUT2D eigenvalue weighted by atomic mass is 16.5. The standard InChI is InChI=1S/C33H59N5O6/c1-11-20(4)27(37(8)30(41)26(19(2)3)35-31(42)32(6,7)34)24(43-9)17-25(39)38-16-12-13-23(38)28(44-10)21(5)29(40)36-33-15-14-22(33)18-33/h19-24,26-28H,11-18,34H2,1-10H3,(H,35,42)(H,36,40). The molecule has 9 unspecified atom stereocenters. The predicted molar refractivity (Wildman–Crippen MR) is 169 cm³/mol. The first-order valence-corrected chi connectivity index (χ1v) is 16.6. The molecule has 2 aliphatic carbocycles. The SMILES string of the molecule is CCC(C)C(C(CC(=O)N1CCCC1C(OC)C(C)C(=O)NC12CCC1C2)OC)N(C)C(=O)C(NC(=O)C(C)(C)N)C(C)C. The summed E-state index contributed by atoms with van der Waals surface area (Å²) in [5.41, 5.74) is 4.88. The van der Waals surface area contributed by atoms with Gasteiger partial charge in [0.1, 0.15) is 6.04 Å². The molecule has 1 saturated heterocycles. The zero-order valence-corrected chi connectivity index (χ0v) is 28.8. The minimum atomic E-state index is -1.13. The number of hydrogen-bond acceptors (Lipinski definition) is 7. The molecule has 11 heteroatoms. The Morgan fingerprint density at radius 3 is 2.20 bits per heavy atom. The number of nitrogens with one attached hydrogen (secondary N) is 2. The number of carbonyl (C=O) groups is 4. The smallest absolute Gasteiger partial charge is 0.245 e. The monoisotopic (exact) mass is 621 g/mol. The first kappa shape index (κ1) is 36.2. The molecule has 3 fully saturated rings. The molecule has 9 atom stereocenters. The Hall–Kier alpha value is -2.24. The average Bonchev–Trinajstić information content (AvgIpc) is 3.27. The number of likely N-dealkylation sites (N-methyl/N-ethyl adjacent to an activating group) is 1. The van der Waals surface area contributed by atoms with E-state index in [4.69, 9.17) is 15.2 Å². The Bertz CT molecular complexity index is 1040. The molecule has 0 aromatic rings. The van der Waals surface area contributed by atoms with Gasteiger partial charge in [0.2, 0.25) is 23.6 Å². The van der Waals surface area contributed by atoms with Crippen LogP contribution in [0.15, 0.2) is 0 Å². The van der Waals surface area contributed by atoms with Crippen LogP contribution in [0.3, 0.4) is 0 Å². The van der Waals surface area contributed by atoms with Crippen LogP contribution in [0.25, 0.3) is 0 Å². The maximum absolute atomic E-state index is 14.0. The number of carbonyl (C=O) groups excluding carboxylic acids is 4. The third-order valence-electron chi connectivity index (χ3n) is 10.6. The zero-order chi connectivity index (χ0) is 33.1. The lowest BCUT2D eigenvalue weighted by molar-refractivity contribution is -0.148. The van der Waals surface area contributed by atoms with Crippen molar-refractivity contribution in [1.82, 2.24) is 20.4 Å². The van der Waals surface area contributed by atoms with Crippen LogP contribution in [0.5, 0.6) is 0 Å². The lowest BCUT2D eigenvalue weighted by Gasteiger charge is -2.41. The molecule has 2 saturated carbocycles. The van der Waals surface area contributed by atoms with E-state index in [1.54, 1.807) is 40.0 Å². The van der Waals surface area contributed by atoms with Crippen LogP contribution in [0, 0.1) is 23.7 Å². The van der Waals surface area contributed by atoms with Crippen molar-refractivity contribution in [2.45, 2.75) is 135 Å². The Morgan fingerprint density at radius 1 is 1.09 bits per heavy atom. The van der Waals surface area contributed by atoms with E-state index in [-0.39, 0.29) is 47.6 Å². The molecule has 44 heavy (non-hydrogen) atoms. The fourth-order valence-corrected chi connectivity index (χ4v) is 7.22. The van der Waals surface area contributed by atoms with Gasteiger partial charge in [0, 0.05) is 33.4 Å². The number of likely N-dealkylation sites (tertiary alicyclic amines) is 1. The van der Waals surface area contributed by atoms with Gasteiger partial charge in [-0.15, -0.1) is 0 Å². The molecule has 0 radical (unpaired) electrons. The second-order valence-electron chi connectivity index (χ2n) is 14.6. The van der Waals surface area contributed by atoms with Gasteiger partial charge in [-0.1, -0.05) is 41.0 Å². The predicted octanol–water partition coefficient (Wildman–Crippen LogP) is 2.45. The molecule has 3 rings (SSSR count). The number of hydrogen-bond donors (Lipinski definition) is 3. The van der Waals surface area contributed by atoms with Gasteiger partial charge in [-0.25, -0.2) is 0 Å². The van der Waals surface area contributed by atoms with Crippen LogP contribution in [-0.2, 0) is 28.7 Å². The van der Waals surface area contributed by atoms with E-state index in [2.05, 4.69) is 10.6 Å². The van der Waals surface area contributed by atoms with Gasteiger partial charge in [0.15, 0.2) is 0 Å². The molecule has 4 amide bonds. The third kappa shape index (κ3) is 7.76. The number of ether oxygens (including phenoxy) is 2. The van der Waals surface area contributed by atoms with Crippen molar-refractivity contribution in [3.05, 3.63) is 0 Å². The summed E-state index contributed by atoms with van der Waals surface area (Å²) < 4.78 is 11.9. The Morgan fingerprint density at radius 2 is 1.75 bits per heavy atom. The molecule has 3 aliphatic rings. The normalized spacial score (nSPS) is 26.9. The topological polar surface area (TPSA) is 143 Å². The lowest BCUT2D eigenvalue weighted by atomic mass is 9.89. The number of fused-ring (bicyclic) bond motifs is 1. The molecule has 1 heterocycles. The van der Waals surface area contributed by atoms with Crippen LogP contribution in [0.1, 0.15) is 93.4 Å². The van der Waals surface area contributed by atoms with Crippen molar-refractivity contribution in [2.75, 3.05) is 27.8 Å². The highest BCUT2D eigenvalue weighted by Crippen LogP contribution is 2.59. The van der Waals surface area contributed by atoms with Crippen molar-refractivity contribution in [1.29, 1.82) is 0 Å². The van der Waals surface area contributed by atoms with E-state index in [9.17, 15) is 19.2 Å². The van der Waals surface area contributed by atoms with Crippen molar-refractivity contribution < 1.29 is 28.7 Å². The number of nitrogens with zero attached hydrogens (tertiary/aromatic N) is 2. The van der Waals surface area contributed by atoms with Gasteiger partial charge < -0.3 is 35.6 Å². The summed E-state index contributed by atoms with van der Waals surface area (Å²) in [7, 11) is 4.90. The molecule has 0 bridgehead atoms. The lowest BCUT2D eigenvalue weighted by Crippen LogP contribution is -2.60. The van der Waals surface area contributed by atoms with Gasteiger partial charge in [-0.3, -0.25) is 19.2 Å². The number of amides is 4. The van der Waals surface area contributed by atoms with E-state index < -0.39 is 41.7 Å². The van der Waals surface area contributed by atoms with Crippen LogP contribution in [0.2, 0.25) is 0 Å². The third-order valence-corrected chi connectivity index (χ3v) is 10.6. The quantitative estimate of drug-likeness (QED) is 0.240. The van der Waals surface area contributed by atoms with Crippen molar-refractivity contribution >= 4 is 23.6 Å². The van der Waals surface area contributed by atoms with E-state index >= 15 is 0 Å². The second kappa shape index (κ2) is 14.5. The van der Waals surface area contributed by atoms with Gasteiger partial charge >= 0.3 is 0 Å². The molecule has 0 aromatic carbocycles. The molecule has 4 N–H and O–H groups in total. The van der Waals surface area contributed by atoms with Crippen LogP contribution in [0.4, 0.5) is 0 Å². The number of methoxy groups -OCH3 is 2. The van der Waals surface area contributed by atoms with Crippen molar-refractivity contribution in [3.63, 3.8) is 0 Å². The highest BCUT2D eigenvalue weighted by Gasteiger charge is 2.62. The molecule has 0 aromatic heterocycles. The van der Waals surface area contributed by atoms with Gasteiger partial charge in [0.05, 0.1) is 42.2 Å². The Balaban J connectivity index is 1.75. The summed E-state index contributed by atoms with van der Waals surface area (Å²) >= 11 is 0. The summed E-state index contributed by atoms with van der Waals surface area (Å²) in [6.07, 6.45) is 4.73. The molecule has 0 spiro atoms. The fraction of sp³-hybridized carbons (Fsp3) is 0.879. The first-order valence-electron chi connectivity index (χ1n) is 16.6. The minimum Gasteiger partial charge on any atom is -0.379 e. The average molecular weight is 622 g/mol. The van der Waals surface area contributed by atoms with E-state index in [1.165, 1.54) is 6.42 Å². The fourth-order valence-electron chi connectivity index (χ4n) is 7.22. The number of nitrogens with two attached hydrogens (primary N) is 1. The van der Waals surface area contributed by atoms with E-state index in [0.29, 0.717) is 12.5 Å². The highest BCUT2D eigenvalue weighted by molar-refractivity contribution is 5.91. The second-order valence-corrected chi connectivity index (χ2v) is 14.6. The van der Waals surface area contributed by atoms with E-state index in [1.807, 2.05) is 39.5 Å². The van der Waals surface area contributed by atoms with Crippen molar-refractivity contribution in [2.24, 2.45) is 29.4 Å². The molecular formula is C33H59N5O6. The van der Waals surface area contributed by atoms with Crippen LogP contribution in [-0.4, -0.2) is 103 Å². The maximum Gasteiger partial charge on any atom is 0.245 e. The molecule has 1 aliphatic heterocycles. The summed E-state index contributed by atoms with van der Waals surface area (Å²) in [6.45, 7) is 13.5. The van der Waals surface area contributed by atoms with E-state index in [0.717, 1.165) is 32.1 Å². The minimum absolute atomic E-state index is 0.00471. The summed E-state index contributed by atoms with van der Waals surface area (Å²) in [5, 5.41) is 6.11. The molecule has 252 valence electrons. The van der Waals surface area contributed by atoms with Crippen LogP contribution < -0.4 is 16.4 Å². The molecule has 11 nitrogen and oxygen atoms in total. The summed E-state index contributed by atoms with van der Waals surface area (Å²) in [4.78, 5) is 57.3. The Labute approximate surface area is 264 Å². The number of rotatable bonds is 16. The van der Waals surface area contributed by atoms with Gasteiger partial charge in [-0.2, -0.15) is 0 Å². The van der Waals surface area contributed by atoms with Crippen LogP contribution >= 0.6 is 0 Å². The summed E-state index contributed by atoms with van der Waals surface area (Å²) in [6, 6.07) is -1.41. The van der Waals surface area contributed by atoms with Gasteiger partial charge in [-0.05, 0) is 63.7 Å². The maximum atomic E-state index is 14.0. The largest absolute Gasteiger partial charge is 0.379 e. The first-order chi connectivity index (χ1) is 20.5. The molecular weight excluding hydrogens is 562 g/mol. The van der Waals surface area contributed by atoms with Crippen molar-refractivity contribution in [3.8, 4) is 0 Å². The zero-order valence-electron chi connectivity index (χ0n) is 28.8. The Kier molecular flexibility index (Phi) is 11.9. The van der Waals surface area contributed by atoms with Gasteiger partial charge in [0.25, 0.3) is 0 Å². The summed E-state index contributed by atoms with van der Waals surface area (Å²) in [5.74, 6) is -0.684.